The van der Waals surface area contributed by atoms with Crippen LogP contribution >= 0.6 is 23.4 Å². The molecule has 0 bridgehead atoms. The number of nitriles is 1. The van der Waals surface area contributed by atoms with E-state index < -0.39 is 0 Å². The van der Waals surface area contributed by atoms with Crippen LogP contribution in [-0.4, -0.2) is 25.4 Å². The molecule has 2 aromatic rings. The number of aryl methyl sites for hydroxylation is 1. The summed E-state index contributed by atoms with van der Waals surface area (Å²) in [6, 6.07) is 15.4. The molecule has 0 fully saturated rings. The minimum atomic E-state index is -0.335. The number of hydrogen-bond donors (Lipinski definition) is 1. The zero-order chi connectivity index (χ0) is 20.8. The lowest BCUT2D eigenvalue weighted by Gasteiger charge is -2.25. The molecule has 0 unspecified atom stereocenters. The molecule has 0 saturated carbocycles. The van der Waals surface area contributed by atoms with Gasteiger partial charge in [-0.1, -0.05) is 35.4 Å². The van der Waals surface area contributed by atoms with E-state index in [1.807, 2.05) is 37.3 Å². The number of benzene rings is 2. The van der Waals surface area contributed by atoms with Crippen molar-refractivity contribution in [3.63, 3.8) is 0 Å². The van der Waals surface area contributed by atoms with Crippen LogP contribution in [0.3, 0.4) is 0 Å². The maximum atomic E-state index is 12.3. The molecule has 0 aromatic heterocycles. The van der Waals surface area contributed by atoms with Gasteiger partial charge < -0.3 is 14.8 Å². The van der Waals surface area contributed by atoms with E-state index in [2.05, 4.69) is 11.4 Å². The lowest BCUT2D eigenvalue weighted by molar-refractivity contribution is -0.120. The molecule has 1 atom stereocenters. The fraction of sp³-hybridized carbons (Fsp3) is 0.273. The number of nitrogens with one attached hydrogen (secondary N) is 1. The molecular weight excluding hydrogens is 408 g/mol. The third-order valence-corrected chi connectivity index (χ3v) is 5.83. The van der Waals surface area contributed by atoms with E-state index in [0.717, 1.165) is 11.3 Å². The number of carbonyl (C=O) groups is 1. The highest BCUT2D eigenvalue weighted by molar-refractivity contribution is 8.03. The Morgan fingerprint density at radius 2 is 2.03 bits per heavy atom. The van der Waals surface area contributed by atoms with Crippen LogP contribution in [0.5, 0.6) is 11.5 Å². The summed E-state index contributed by atoms with van der Waals surface area (Å²) in [6.07, 6.45) is 0.204. The number of amides is 1. The van der Waals surface area contributed by atoms with Gasteiger partial charge >= 0.3 is 0 Å². The van der Waals surface area contributed by atoms with Crippen LogP contribution in [0.1, 0.15) is 23.5 Å². The van der Waals surface area contributed by atoms with Gasteiger partial charge in [0.25, 0.3) is 0 Å². The zero-order valence-electron chi connectivity index (χ0n) is 16.2. The van der Waals surface area contributed by atoms with Crippen LogP contribution in [0, 0.1) is 18.3 Å². The molecule has 150 valence electrons. The first kappa shape index (κ1) is 21.1. The van der Waals surface area contributed by atoms with Gasteiger partial charge in [0.2, 0.25) is 5.91 Å². The van der Waals surface area contributed by atoms with E-state index in [-0.39, 0.29) is 18.2 Å². The number of rotatable bonds is 7. The summed E-state index contributed by atoms with van der Waals surface area (Å²) >= 11 is 7.65. The molecule has 1 amide bonds. The Labute approximate surface area is 179 Å². The summed E-state index contributed by atoms with van der Waals surface area (Å²) in [5.74, 6) is 1.50. The van der Waals surface area contributed by atoms with Gasteiger partial charge in [-0.2, -0.15) is 5.26 Å². The van der Waals surface area contributed by atoms with E-state index >= 15 is 0 Å². The van der Waals surface area contributed by atoms with Crippen LogP contribution in [-0.2, 0) is 4.79 Å². The molecule has 2 aromatic carbocycles. The van der Waals surface area contributed by atoms with Gasteiger partial charge in [0, 0.05) is 18.1 Å². The maximum absolute atomic E-state index is 12.3. The topological polar surface area (TPSA) is 71.3 Å². The lowest BCUT2D eigenvalue weighted by Crippen LogP contribution is -2.31. The summed E-state index contributed by atoms with van der Waals surface area (Å²) in [5, 5.41) is 13.6. The quantitative estimate of drug-likeness (QED) is 0.641. The Kier molecular flexibility index (Phi) is 7.08. The molecule has 1 aliphatic heterocycles. The first-order valence-electron chi connectivity index (χ1n) is 9.11. The summed E-state index contributed by atoms with van der Waals surface area (Å²) < 4.78 is 10.9. The predicted octanol–water partition coefficient (Wildman–Crippen LogP) is 4.81. The number of allylic oxidation sites excluding steroid dienone is 1. The maximum Gasteiger partial charge on any atom is 0.225 e. The van der Waals surface area contributed by atoms with Gasteiger partial charge in [-0.05, 0) is 36.8 Å². The van der Waals surface area contributed by atoms with Crippen molar-refractivity contribution in [2.75, 3.05) is 19.5 Å². The molecule has 5 nitrogen and oxygen atoms in total. The molecule has 0 aliphatic carbocycles. The van der Waals surface area contributed by atoms with Crippen molar-refractivity contribution < 1.29 is 14.3 Å². The summed E-state index contributed by atoms with van der Waals surface area (Å²) in [5.41, 5.74) is 2.52. The first-order valence-corrected chi connectivity index (χ1v) is 10.5. The molecule has 1 aliphatic rings. The van der Waals surface area contributed by atoms with Crippen molar-refractivity contribution >= 4 is 29.3 Å². The van der Waals surface area contributed by atoms with E-state index in [9.17, 15) is 10.1 Å². The Hall–Kier alpha value is -2.62. The van der Waals surface area contributed by atoms with Gasteiger partial charge in [0.1, 0.15) is 11.5 Å². The first-order chi connectivity index (χ1) is 14.0. The minimum absolute atomic E-state index is 0.122. The normalized spacial score (nSPS) is 16.2. The summed E-state index contributed by atoms with van der Waals surface area (Å²) in [6.45, 7) is 2.48. The van der Waals surface area contributed by atoms with Crippen LogP contribution in [0.25, 0.3) is 0 Å². The fourth-order valence-corrected chi connectivity index (χ4v) is 4.22. The molecule has 7 heteroatoms. The number of ether oxygens (including phenoxy) is 2. The second-order valence-electron chi connectivity index (χ2n) is 6.56. The van der Waals surface area contributed by atoms with Gasteiger partial charge in [-0.15, -0.1) is 11.8 Å². The SMILES string of the molecule is COc1ccc([C@H]2CC(=O)NC(SCCOc3ccc(C)cc3)=C2C#N)cc1Cl. The van der Waals surface area contributed by atoms with Crippen LogP contribution in [0.4, 0.5) is 0 Å². The van der Waals surface area contributed by atoms with Crippen LogP contribution in [0.2, 0.25) is 5.02 Å². The van der Waals surface area contributed by atoms with Gasteiger partial charge in [0.05, 0.1) is 35.4 Å². The summed E-state index contributed by atoms with van der Waals surface area (Å²) in [4.78, 5) is 12.3. The highest BCUT2D eigenvalue weighted by Gasteiger charge is 2.30. The molecule has 0 radical (unpaired) electrons. The Morgan fingerprint density at radius 1 is 1.28 bits per heavy atom. The van der Waals surface area contributed by atoms with Crippen molar-refractivity contribution in [3.8, 4) is 17.6 Å². The van der Waals surface area contributed by atoms with E-state index in [1.165, 1.54) is 17.3 Å². The summed E-state index contributed by atoms with van der Waals surface area (Å²) in [7, 11) is 1.54. The van der Waals surface area contributed by atoms with Crippen molar-refractivity contribution in [2.45, 2.75) is 19.3 Å². The second kappa shape index (κ2) is 9.73. The number of nitrogens with zero attached hydrogens (tertiary/aromatic N) is 1. The Bertz CT molecular complexity index is 967. The van der Waals surface area contributed by atoms with Gasteiger partial charge in [-0.3, -0.25) is 4.79 Å². The van der Waals surface area contributed by atoms with E-state index in [0.29, 0.717) is 33.7 Å². The highest BCUT2D eigenvalue weighted by Crippen LogP contribution is 2.38. The molecule has 3 rings (SSSR count). The molecule has 1 heterocycles. The smallest absolute Gasteiger partial charge is 0.225 e. The fourth-order valence-electron chi connectivity index (χ4n) is 3.05. The largest absolute Gasteiger partial charge is 0.495 e. The standard InChI is InChI=1S/C22H21ClN2O3S/c1-14-3-6-16(7-4-14)28-9-10-29-22-18(13-24)17(12-21(26)25-22)15-5-8-20(27-2)19(23)11-15/h3-8,11,17H,9-10,12H2,1-2H3,(H,25,26)/t17-/m1/s1. The number of methoxy groups -OCH3 is 1. The van der Waals surface area contributed by atoms with Crippen molar-refractivity contribution in [3.05, 3.63) is 69.2 Å². The molecule has 29 heavy (non-hydrogen) atoms. The third kappa shape index (κ3) is 5.26. The van der Waals surface area contributed by atoms with Crippen LogP contribution in [0.15, 0.2) is 53.1 Å². The number of thioether (sulfide) groups is 1. The minimum Gasteiger partial charge on any atom is -0.495 e. The van der Waals surface area contributed by atoms with Crippen molar-refractivity contribution in [2.24, 2.45) is 0 Å². The molecule has 0 saturated heterocycles. The third-order valence-electron chi connectivity index (χ3n) is 4.55. The van der Waals surface area contributed by atoms with Gasteiger partial charge in [0.15, 0.2) is 0 Å². The highest BCUT2D eigenvalue weighted by atomic mass is 35.5. The van der Waals surface area contributed by atoms with Crippen molar-refractivity contribution in [1.82, 2.24) is 5.32 Å². The lowest BCUT2D eigenvalue weighted by atomic mass is 9.87. The Balaban J connectivity index is 1.71. The average molecular weight is 429 g/mol. The second-order valence-corrected chi connectivity index (χ2v) is 8.08. The van der Waals surface area contributed by atoms with Crippen molar-refractivity contribution in [1.29, 1.82) is 5.26 Å². The molecule has 1 N–H and O–H groups in total. The zero-order valence-corrected chi connectivity index (χ0v) is 17.8. The average Bonchev–Trinajstić information content (AvgIpc) is 2.72. The van der Waals surface area contributed by atoms with Crippen LogP contribution < -0.4 is 14.8 Å². The molecule has 0 spiro atoms. The predicted molar refractivity (Wildman–Crippen MR) is 115 cm³/mol. The number of carbonyl (C=O) groups excluding carboxylic acids is 1. The van der Waals surface area contributed by atoms with E-state index in [4.69, 9.17) is 21.1 Å². The van der Waals surface area contributed by atoms with E-state index in [1.54, 1.807) is 19.2 Å². The number of hydrogen-bond acceptors (Lipinski definition) is 5. The van der Waals surface area contributed by atoms with Gasteiger partial charge in [-0.25, -0.2) is 0 Å². The Morgan fingerprint density at radius 3 is 2.69 bits per heavy atom. The monoisotopic (exact) mass is 428 g/mol. The molecular formula is C22H21ClN2O3S. The number of halogens is 1.